The van der Waals surface area contributed by atoms with Crippen molar-refractivity contribution in [3.05, 3.63) is 65.5 Å². The van der Waals surface area contributed by atoms with Crippen LogP contribution in [0.2, 0.25) is 0 Å². The molecule has 1 saturated carbocycles. The van der Waals surface area contributed by atoms with Gasteiger partial charge in [0, 0.05) is 43.0 Å². The zero-order chi connectivity index (χ0) is 28.6. The number of rotatable bonds is 7. The maximum atomic E-state index is 13.5. The molecule has 1 aliphatic carbocycles. The number of aryl methyl sites for hydroxylation is 1. The Labute approximate surface area is 240 Å². The molecule has 220 valence electrons. The summed E-state index contributed by atoms with van der Waals surface area (Å²) < 4.78 is 27.0. The minimum Gasteiger partial charge on any atom is -0.352 e. The summed E-state index contributed by atoms with van der Waals surface area (Å²) in [7, 11) is 0. The van der Waals surface area contributed by atoms with Crippen LogP contribution < -0.4 is 16.2 Å². The van der Waals surface area contributed by atoms with Crippen molar-refractivity contribution in [3.8, 4) is 0 Å². The van der Waals surface area contributed by atoms with Gasteiger partial charge in [-0.3, -0.25) is 24.9 Å². The number of benzene rings is 1. The number of alkyl halides is 2. The van der Waals surface area contributed by atoms with Gasteiger partial charge >= 0.3 is 0 Å². The van der Waals surface area contributed by atoms with E-state index in [1.54, 1.807) is 0 Å². The van der Waals surface area contributed by atoms with Gasteiger partial charge in [0.25, 0.3) is 5.92 Å². The molecule has 4 aliphatic rings. The average Bonchev–Trinajstić information content (AvgIpc) is 3.38. The molecule has 2 amide bonds. The molecule has 6 rings (SSSR count). The van der Waals surface area contributed by atoms with Gasteiger partial charge in [-0.1, -0.05) is 30.3 Å². The van der Waals surface area contributed by atoms with Crippen molar-refractivity contribution in [2.75, 3.05) is 26.2 Å². The Bertz CT molecular complexity index is 1240. The molecular weight excluding hydrogens is 526 g/mol. The van der Waals surface area contributed by atoms with E-state index in [2.05, 4.69) is 44.3 Å². The number of carbonyl (C=O) groups excluding carboxylic acids is 2. The van der Waals surface area contributed by atoms with Crippen LogP contribution in [-0.4, -0.2) is 76.8 Å². The summed E-state index contributed by atoms with van der Waals surface area (Å²) >= 11 is 0. The van der Waals surface area contributed by atoms with Crippen molar-refractivity contribution < 1.29 is 18.4 Å². The van der Waals surface area contributed by atoms with E-state index in [4.69, 9.17) is 0 Å². The number of aromatic nitrogens is 1. The van der Waals surface area contributed by atoms with Crippen LogP contribution in [0.5, 0.6) is 0 Å². The monoisotopic (exact) mass is 566 g/mol. The molecule has 0 radical (unpaired) electrons. The Morgan fingerprint density at radius 3 is 2.63 bits per heavy atom. The number of halogens is 2. The highest BCUT2D eigenvalue weighted by molar-refractivity contribution is 5.83. The molecular formula is C31H40F2N6O2. The fraction of sp³-hybridized carbons (Fsp3) is 0.581. The van der Waals surface area contributed by atoms with Gasteiger partial charge in [-0.25, -0.2) is 14.2 Å². The third-order valence-electron chi connectivity index (χ3n) is 9.40. The van der Waals surface area contributed by atoms with Gasteiger partial charge in [0.1, 0.15) is 0 Å². The number of nitrogens with zero attached hydrogens (tertiary/aromatic N) is 3. The Morgan fingerprint density at radius 1 is 1.07 bits per heavy atom. The Hall–Kier alpha value is -2.95. The summed E-state index contributed by atoms with van der Waals surface area (Å²) in [6.07, 6.45) is 6.37. The Kier molecular flexibility index (Phi) is 8.07. The van der Waals surface area contributed by atoms with Crippen LogP contribution in [0.4, 0.5) is 8.78 Å². The fourth-order valence-electron chi connectivity index (χ4n) is 7.19. The molecule has 1 aromatic carbocycles. The van der Waals surface area contributed by atoms with E-state index in [1.807, 2.05) is 37.4 Å². The second kappa shape index (κ2) is 11.7. The minimum absolute atomic E-state index is 0.0659. The first kappa shape index (κ1) is 28.2. The van der Waals surface area contributed by atoms with E-state index in [-0.39, 0.29) is 29.8 Å². The van der Waals surface area contributed by atoms with Gasteiger partial charge < -0.3 is 10.2 Å². The number of hydrogen-bond donors (Lipinski definition) is 3. The van der Waals surface area contributed by atoms with E-state index in [0.717, 1.165) is 36.9 Å². The molecule has 4 unspecified atom stereocenters. The number of hydrazine groups is 1. The Balaban J connectivity index is 1.09. The summed E-state index contributed by atoms with van der Waals surface area (Å²) in [6, 6.07) is 14.2. The van der Waals surface area contributed by atoms with Crippen molar-refractivity contribution in [2.24, 2.45) is 11.8 Å². The molecule has 3 aliphatic heterocycles. The summed E-state index contributed by atoms with van der Waals surface area (Å²) in [6.45, 7) is 2.17. The molecule has 6 atom stereocenters. The van der Waals surface area contributed by atoms with E-state index in [9.17, 15) is 18.4 Å². The lowest BCUT2D eigenvalue weighted by Gasteiger charge is -2.45. The number of pyridine rings is 1. The van der Waals surface area contributed by atoms with E-state index in [1.165, 1.54) is 10.5 Å². The first-order valence-corrected chi connectivity index (χ1v) is 14.9. The topological polar surface area (TPSA) is 89.6 Å². The molecule has 3 saturated heterocycles. The van der Waals surface area contributed by atoms with Crippen molar-refractivity contribution in [2.45, 2.75) is 75.5 Å². The van der Waals surface area contributed by atoms with Gasteiger partial charge in [-0.2, -0.15) is 0 Å². The predicted molar refractivity (Wildman–Crippen MR) is 151 cm³/mol. The molecule has 1 aromatic heterocycles. The number of nitrogens with one attached hydrogen (secondary N) is 3. The third kappa shape index (κ3) is 6.29. The van der Waals surface area contributed by atoms with Crippen molar-refractivity contribution in [1.29, 1.82) is 0 Å². The van der Waals surface area contributed by atoms with Gasteiger partial charge in [0.2, 0.25) is 11.8 Å². The molecule has 0 spiro atoms. The highest BCUT2D eigenvalue weighted by Crippen LogP contribution is 2.40. The SMILES string of the molecule is Cc1cc(C2NNC3CCC(C(=O)N[C@@H]4CC[C@@H](C(=O)N5CC(F)(F)C5)N(CCc5ccccc5)C4)CC32)ccn1. The first-order valence-electron chi connectivity index (χ1n) is 14.9. The number of hydrogen-bond acceptors (Lipinski definition) is 6. The molecule has 0 bridgehead atoms. The highest BCUT2D eigenvalue weighted by atomic mass is 19.3. The van der Waals surface area contributed by atoms with E-state index in [0.29, 0.717) is 37.9 Å². The normalized spacial score (nSPS) is 31.2. The number of likely N-dealkylation sites (tertiary alicyclic amines) is 2. The molecule has 10 heteroatoms. The largest absolute Gasteiger partial charge is 0.352 e. The lowest BCUT2D eigenvalue weighted by Crippen LogP contribution is -2.64. The summed E-state index contributed by atoms with van der Waals surface area (Å²) in [5.41, 5.74) is 10.2. The van der Waals surface area contributed by atoms with Crippen LogP contribution >= 0.6 is 0 Å². The highest BCUT2D eigenvalue weighted by Gasteiger charge is 2.49. The van der Waals surface area contributed by atoms with Crippen molar-refractivity contribution >= 4 is 11.8 Å². The smallest absolute Gasteiger partial charge is 0.282 e. The molecule has 4 fully saturated rings. The quantitative estimate of drug-likeness (QED) is 0.478. The maximum Gasteiger partial charge on any atom is 0.282 e. The van der Waals surface area contributed by atoms with Gasteiger partial charge in [-0.15, -0.1) is 0 Å². The van der Waals surface area contributed by atoms with E-state index < -0.39 is 25.1 Å². The van der Waals surface area contributed by atoms with Crippen LogP contribution in [0.3, 0.4) is 0 Å². The molecule has 41 heavy (non-hydrogen) atoms. The lowest BCUT2D eigenvalue weighted by atomic mass is 9.74. The molecule has 4 heterocycles. The van der Waals surface area contributed by atoms with Gasteiger partial charge in [0.15, 0.2) is 0 Å². The zero-order valence-corrected chi connectivity index (χ0v) is 23.6. The Morgan fingerprint density at radius 2 is 1.88 bits per heavy atom. The number of piperidine rings is 1. The van der Waals surface area contributed by atoms with E-state index >= 15 is 0 Å². The van der Waals surface area contributed by atoms with Crippen LogP contribution in [0.25, 0.3) is 0 Å². The van der Waals surface area contributed by atoms with Crippen LogP contribution in [0, 0.1) is 18.8 Å². The molecule has 8 nitrogen and oxygen atoms in total. The molecule has 2 aromatic rings. The second-order valence-electron chi connectivity index (χ2n) is 12.4. The average molecular weight is 567 g/mol. The third-order valence-corrected chi connectivity index (χ3v) is 9.40. The van der Waals surface area contributed by atoms with Crippen molar-refractivity contribution in [1.82, 2.24) is 31.0 Å². The predicted octanol–water partition coefficient (Wildman–Crippen LogP) is 2.99. The zero-order valence-electron chi connectivity index (χ0n) is 23.6. The summed E-state index contributed by atoms with van der Waals surface area (Å²) in [4.78, 5) is 34.4. The first-order chi connectivity index (χ1) is 19.8. The summed E-state index contributed by atoms with van der Waals surface area (Å²) in [5.74, 6) is -2.67. The van der Waals surface area contributed by atoms with Crippen LogP contribution in [0.15, 0.2) is 48.7 Å². The second-order valence-corrected chi connectivity index (χ2v) is 12.4. The van der Waals surface area contributed by atoms with Gasteiger partial charge in [-0.05, 0) is 74.6 Å². The number of amides is 2. The summed E-state index contributed by atoms with van der Waals surface area (Å²) in [5, 5.41) is 3.31. The standard InChI is InChI=1S/C31H40F2N6O2/c1-20-15-22(11-13-34-20)28-25-16-23(7-9-26(25)36-37-28)29(40)35-24-8-10-27(30(41)39-18-31(32,33)19-39)38(17-24)14-12-21-5-3-2-4-6-21/h2-6,11,13,15,23-28,36-37H,7-10,12,14,16-19H2,1H3,(H,35,40)/t23?,24-,25?,26?,27+,28?/m1/s1. The lowest BCUT2D eigenvalue weighted by molar-refractivity contribution is -0.172. The van der Waals surface area contributed by atoms with Crippen LogP contribution in [-0.2, 0) is 16.0 Å². The number of fused-ring (bicyclic) bond motifs is 1. The van der Waals surface area contributed by atoms with Crippen LogP contribution in [0.1, 0.15) is 55.0 Å². The minimum atomic E-state index is -2.78. The molecule has 3 N–H and O–H groups in total. The van der Waals surface area contributed by atoms with Gasteiger partial charge in [0.05, 0.1) is 25.2 Å². The van der Waals surface area contributed by atoms with Crippen molar-refractivity contribution in [3.63, 3.8) is 0 Å². The maximum absolute atomic E-state index is 13.5. The number of carbonyl (C=O) groups is 2. The fourth-order valence-corrected chi connectivity index (χ4v) is 7.19.